The summed E-state index contributed by atoms with van der Waals surface area (Å²) >= 11 is 0. The number of nitrogens with zero attached hydrogens (tertiary/aromatic N) is 2. The maximum absolute atomic E-state index is 12.6. The SMILES string of the molecule is CC(C(=O)N1CCN(S(=O)(=O)c2ccccc2)CC1)C1CNC1.Cl. The van der Waals surface area contributed by atoms with Crippen LogP contribution in [0.5, 0.6) is 0 Å². The Balaban J connectivity index is 0.00000208. The summed E-state index contributed by atoms with van der Waals surface area (Å²) in [6.45, 7) is 5.42. The smallest absolute Gasteiger partial charge is 0.243 e. The predicted octanol–water partition coefficient (Wildman–Crippen LogP) is 0.797. The van der Waals surface area contributed by atoms with E-state index < -0.39 is 10.0 Å². The molecule has 134 valence electrons. The summed E-state index contributed by atoms with van der Waals surface area (Å²) in [4.78, 5) is 14.6. The molecule has 1 unspecified atom stereocenters. The third-order valence-electron chi connectivity index (χ3n) is 4.84. The first-order valence-corrected chi connectivity index (χ1v) is 9.49. The lowest BCUT2D eigenvalue weighted by atomic mass is 9.88. The molecule has 2 aliphatic rings. The summed E-state index contributed by atoms with van der Waals surface area (Å²) in [6, 6.07) is 8.46. The Labute approximate surface area is 149 Å². The van der Waals surface area contributed by atoms with Crippen molar-refractivity contribution in [3.63, 3.8) is 0 Å². The maximum Gasteiger partial charge on any atom is 0.243 e. The average Bonchev–Trinajstić information content (AvgIpc) is 2.53. The van der Waals surface area contributed by atoms with Gasteiger partial charge >= 0.3 is 0 Å². The molecule has 0 spiro atoms. The van der Waals surface area contributed by atoms with Crippen molar-refractivity contribution in [1.82, 2.24) is 14.5 Å². The lowest BCUT2D eigenvalue weighted by Crippen LogP contribution is -2.55. The van der Waals surface area contributed by atoms with Crippen LogP contribution in [-0.2, 0) is 14.8 Å². The minimum absolute atomic E-state index is 0. The molecule has 0 aliphatic carbocycles. The highest BCUT2D eigenvalue weighted by Gasteiger charge is 2.35. The maximum atomic E-state index is 12.6. The normalized spacial score (nSPS) is 20.8. The van der Waals surface area contributed by atoms with Crippen LogP contribution in [-0.4, -0.2) is 62.8 Å². The Hall–Kier alpha value is -1.15. The van der Waals surface area contributed by atoms with E-state index in [0.717, 1.165) is 13.1 Å². The summed E-state index contributed by atoms with van der Waals surface area (Å²) in [7, 11) is -3.46. The fourth-order valence-electron chi connectivity index (χ4n) is 3.04. The highest BCUT2D eigenvalue weighted by molar-refractivity contribution is 7.89. The number of rotatable bonds is 4. The molecule has 24 heavy (non-hydrogen) atoms. The predicted molar refractivity (Wildman–Crippen MR) is 94.6 cm³/mol. The fraction of sp³-hybridized carbons (Fsp3) is 0.562. The van der Waals surface area contributed by atoms with Crippen LogP contribution in [0.3, 0.4) is 0 Å². The van der Waals surface area contributed by atoms with E-state index >= 15 is 0 Å². The molecule has 2 fully saturated rings. The molecule has 2 saturated heterocycles. The number of benzene rings is 1. The second kappa shape index (κ2) is 7.82. The zero-order valence-corrected chi connectivity index (χ0v) is 15.4. The second-order valence-electron chi connectivity index (χ2n) is 6.25. The molecule has 1 aromatic rings. The fourth-order valence-corrected chi connectivity index (χ4v) is 4.49. The molecular weight excluding hydrogens is 350 g/mol. The number of carbonyl (C=O) groups excluding carboxylic acids is 1. The van der Waals surface area contributed by atoms with Gasteiger partial charge in [-0.2, -0.15) is 4.31 Å². The highest BCUT2D eigenvalue weighted by atomic mass is 35.5. The van der Waals surface area contributed by atoms with E-state index in [2.05, 4.69) is 5.32 Å². The van der Waals surface area contributed by atoms with Crippen molar-refractivity contribution in [1.29, 1.82) is 0 Å². The van der Waals surface area contributed by atoms with Crippen molar-refractivity contribution in [3.05, 3.63) is 30.3 Å². The van der Waals surface area contributed by atoms with E-state index in [-0.39, 0.29) is 24.2 Å². The molecule has 2 aliphatic heterocycles. The molecule has 0 aromatic heterocycles. The molecule has 1 atom stereocenters. The van der Waals surface area contributed by atoms with Gasteiger partial charge in [0.25, 0.3) is 0 Å². The summed E-state index contributed by atoms with van der Waals surface area (Å²) in [5, 5.41) is 3.19. The van der Waals surface area contributed by atoms with Gasteiger partial charge in [0.1, 0.15) is 0 Å². The number of amides is 1. The number of halogens is 1. The first-order valence-electron chi connectivity index (χ1n) is 8.05. The van der Waals surface area contributed by atoms with Gasteiger partial charge in [-0.15, -0.1) is 12.4 Å². The Morgan fingerprint density at radius 3 is 2.21 bits per heavy atom. The van der Waals surface area contributed by atoms with E-state index in [1.54, 1.807) is 35.2 Å². The molecular formula is C16H24ClN3O3S. The van der Waals surface area contributed by atoms with Crippen LogP contribution in [0.25, 0.3) is 0 Å². The molecule has 6 nitrogen and oxygen atoms in total. The molecule has 1 aromatic carbocycles. The van der Waals surface area contributed by atoms with Crippen molar-refractivity contribution in [2.75, 3.05) is 39.3 Å². The van der Waals surface area contributed by atoms with Gasteiger partial charge in [0, 0.05) is 32.1 Å². The van der Waals surface area contributed by atoms with E-state index in [0.29, 0.717) is 37.0 Å². The van der Waals surface area contributed by atoms with E-state index in [1.807, 2.05) is 6.92 Å². The number of hydrogen-bond donors (Lipinski definition) is 1. The van der Waals surface area contributed by atoms with Crippen LogP contribution in [0.1, 0.15) is 6.92 Å². The molecule has 1 amide bonds. The van der Waals surface area contributed by atoms with Crippen LogP contribution in [0.2, 0.25) is 0 Å². The minimum atomic E-state index is -3.46. The third-order valence-corrected chi connectivity index (χ3v) is 6.75. The summed E-state index contributed by atoms with van der Waals surface area (Å²) in [5.41, 5.74) is 0. The summed E-state index contributed by atoms with van der Waals surface area (Å²) in [6.07, 6.45) is 0. The van der Waals surface area contributed by atoms with Crippen molar-refractivity contribution in [2.45, 2.75) is 11.8 Å². The highest BCUT2D eigenvalue weighted by Crippen LogP contribution is 2.21. The van der Waals surface area contributed by atoms with Gasteiger partial charge in [0.2, 0.25) is 15.9 Å². The molecule has 3 rings (SSSR count). The van der Waals surface area contributed by atoms with Crippen molar-refractivity contribution in [3.8, 4) is 0 Å². The van der Waals surface area contributed by atoms with Crippen LogP contribution >= 0.6 is 12.4 Å². The van der Waals surface area contributed by atoms with Crippen LogP contribution < -0.4 is 5.32 Å². The van der Waals surface area contributed by atoms with Crippen molar-refractivity contribution >= 4 is 28.3 Å². The lowest BCUT2D eigenvalue weighted by Gasteiger charge is -2.38. The number of sulfonamides is 1. The van der Waals surface area contributed by atoms with Crippen molar-refractivity contribution < 1.29 is 13.2 Å². The van der Waals surface area contributed by atoms with E-state index in [1.165, 1.54) is 4.31 Å². The van der Waals surface area contributed by atoms with E-state index in [4.69, 9.17) is 0 Å². The van der Waals surface area contributed by atoms with E-state index in [9.17, 15) is 13.2 Å². The monoisotopic (exact) mass is 373 g/mol. The van der Waals surface area contributed by atoms with Gasteiger partial charge in [0.15, 0.2) is 0 Å². The Morgan fingerprint density at radius 1 is 1.12 bits per heavy atom. The van der Waals surface area contributed by atoms with Gasteiger partial charge < -0.3 is 10.2 Å². The Morgan fingerprint density at radius 2 is 1.71 bits per heavy atom. The van der Waals surface area contributed by atoms with Gasteiger partial charge in [-0.25, -0.2) is 8.42 Å². The zero-order chi connectivity index (χ0) is 16.4. The van der Waals surface area contributed by atoms with Gasteiger partial charge in [-0.05, 0) is 31.1 Å². The minimum Gasteiger partial charge on any atom is -0.340 e. The number of carbonyl (C=O) groups is 1. The zero-order valence-electron chi connectivity index (χ0n) is 13.7. The largest absolute Gasteiger partial charge is 0.340 e. The molecule has 0 radical (unpaired) electrons. The molecule has 0 bridgehead atoms. The molecule has 1 N–H and O–H groups in total. The number of piperazine rings is 1. The first-order chi connectivity index (χ1) is 11.0. The average molecular weight is 374 g/mol. The summed E-state index contributed by atoms with van der Waals surface area (Å²) < 4.78 is 26.6. The molecule has 8 heteroatoms. The van der Waals surface area contributed by atoms with Crippen LogP contribution in [0.15, 0.2) is 35.2 Å². The number of hydrogen-bond acceptors (Lipinski definition) is 4. The van der Waals surface area contributed by atoms with Gasteiger partial charge in [0.05, 0.1) is 4.90 Å². The molecule has 2 heterocycles. The first kappa shape index (κ1) is 19.2. The second-order valence-corrected chi connectivity index (χ2v) is 8.19. The summed E-state index contributed by atoms with van der Waals surface area (Å²) in [5.74, 6) is 0.565. The third kappa shape index (κ3) is 3.74. The lowest BCUT2D eigenvalue weighted by molar-refractivity contribution is -0.138. The quantitative estimate of drug-likeness (QED) is 0.847. The molecule has 0 saturated carbocycles. The van der Waals surface area contributed by atoms with Crippen LogP contribution in [0.4, 0.5) is 0 Å². The Kier molecular flexibility index (Phi) is 6.25. The van der Waals surface area contributed by atoms with Gasteiger partial charge in [-0.1, -0.05) is 25.1 Å². The number of nitrogens with one attached hydrogen (secondary N) is 1. The van der Waals surface area contributed by atoms with Gasteiger partial charge in [-0.3, -0.25) is 4.79 Å². The Bertz CT molecular complexity index is 656. The van der Waals surface area contributed by atoms with Crippen LogP contribution in [0, 0.1) is 11.8 Å². The van der Waals surface area contributed by atoms with Crippen molar-refractivity contribution in [2.24, 2.45) is 11.8 Å². The topological polar surface area (TPSA) is 69.7 Å². The standard InChI is InChI=1S/C16H23N3O3S.ClH/c1-13(14-11-17-12-14)16(20)18-7-9-19(10-8-18)23(21,22)15-5-3-2-4-6-15;/h2-6,13-14,17H,7-12H2,1H3;1H.